The Morgan fingerprint density at radius 2 is 1.76 bits per heavy atom. The SMILES string of the molecule is CN1CCC(C)(C)C1=CC1=[N+](C)CCC1(C)C. The van der Waals surface area contributed by atoms with E-state index in [1.807, 2.05) is 0 Å². The second-order valence-corrected chi connectivity index (χ2v) is 7.03. The van der Waals surface area contributed by atoms with Crippen LogP contribution in [0.1, 0.15) is 40.5 Å². The molecular formula is C15H27N2+. The fraction of sp³-hybridized carbons (Fsp3) is 0.800. The molecule has 0 unspecified atom stereocenters. The standard InChI is InChI=1S/C15H27N2/c1-14(2)7-9-16(5)12(14)11-13-15(3,4)8-10-17(13)6/h11H,7-10H2,1-6H3/q+1. The number of hydrogen-bond acceptors (Lipinski definition) is 1. The summed E-state index contributed by atoms with van der Waals surface area (Å²) in [5.74, 6) is 0. The van der Waals surface area contributed by atoms with Gasteiger partial charge in [0.25, 0.3) is 0 Å². The summed E-state index contributed by atoms with van der Waals surface area (Å²) in [6.45, 7) is 11.8. The lowest BCUT2D eigenvalue weighted by Crippen LogP contribution is -2.25. The third-order valence-corrected chi connectivity index (χ3v) is 4.63. The van der Waals surface area contributed by atoms with Crippen LogP contribution < -0.4 is 0 Å². The summed E-state index contributed by atoms with van der Waals surface area (Å²) < 4.78 is 2.43. The van der Waals surface area contributed by atoms with Crippen LogP contribution >= 0.6 is 0 Å². The first-order valence-corrected chi connectivity index (χ1v) is 6.76. The number of nitrogens with zero attached hydrogens (tertiary/aromatic N) is 2. The quantitative estimate of drug-likeness (QED) is 0.633. The average Bonchev–Trinajstić information content (AvgIpc) is 2.61. The zero-order valence-electron chi connectivity index (χ0n) is 12.3. The molecule has 2 rings (SSSR count). The minimum Gasteiger partial charge on any atom is -0.377 e. The number of allylic oxidation sites excluding steroid dienone is 2. The van der Waals surface area contributed by atoms with Gasteiger partial charge in [-0.3, -0.25) is 0 Å². The zero-order chi connectivity index (χ0) is 12.8. The van der Waals surface area contributed by atoms with Crippen molar-refractivity contribution >= 4 is 5.71 Å². The van der Waals surface area contributed by atoms with Crippen LogP contribution in [0.3, 0.4) is 0 Å². The van der Waals surface area contributed by atoms with E-state index in [0.717, 1.165) is 0 Å². The zero-order valence-corrected chi connectivity index (χ0v) is 12.3. The lowest BCUT2D eigenvalue weighted by atomic mass is 9.82. The molecule has 96 valence electrons. The normalized spacial score (nSPS) is 29.5. The Hall–Kier alpha value is -0.790. The third-order valence-electron chi connectivity index (χ3n) is 4.63. The maximum Gasteiger partial charge on any atom is 0.183 e. The van der Waals surface area contributed by atoms with Crippen LogP contribution in [0, 0.1) is 10.8 Å². The highest BCUT2D eigenvalue weighted by Gasteiger charge is 2.40. The fourth-order valence-electron chi connectivity index (χ4n) is 3.17. The van der Waals surface area contributed by atoms with Gasteiger partial charge in [0.2, 0.25) is 0 Å². The minimum absolute atomic E-state index is 0.335. The molecule has 0 radical (unpaired) electrons. The summed E-state index contributed by atoms with van der Waals surface area (Å²) in [4.78, 5) is 2.43. The van der Waals surface area contributed by atoms with Gasteiger partial charge in [0.1, 0.15) is 13.6 Å². The molecule has 2 nitrogen and oxygen atoms in total. The first kappa shape index (κ1) is 12.7. The second-order valence-electron chi connectivity index (χ2n) is 7.03. The van der Waals surface area contributed by atoms with Crippen molar-refractivity contribution in [3.05, 3.63) is 11.8 Å². The van der Waals surface area contributed by atoms with Crippen molar-refractivity contribution in [1.29, 1.82) is 0 Å². The van der Waals surface area contributed by atoms with Gasteiger partial charge in [0, 0.05) is 37.2 Å². The molecule has 0 aliphatic carbocycles. The number of hydrogen-bond donors (Lipinski definition) is 0. The second kappa shape index (κ2) is 3.86. The maximum absolute atomic E-state index is 2.46. The van der Waals surface area contributed by atoms with Gasteiger partial charge in [0.05, 0.1) is 5.41 Å². The van der Waals surface area contributed by atoms with E-state index in [0.29, 0.717) is 10.8 Å². The van der Waals surface area contributed by atoms with E-state index in [1.54, 1.807) is 0 Å². The first-order chi connectivity index (χ1) is 7.74. The Morgan fingerprint density at radius 3 is 2.18 bits per heavy atom. The van der Waals surface area contributed by atoms with Crippen molar-refractivity contribution < 1.29 is 4.58 Å². The highest BCUT2D eigenvalue weighted by Crippen LogP contribution is 2.40. The molecule has 2 aliphatic heterocycles. The molecule has 0 N–H and O–H groups in total. The Morgan fingerprint density at radius 1 is 1.12 bits per heavy atom. The van der Waals surface area contributed by atoms with Crippen molar-refractivity contribution in [2.45, 2.75) is 40.5 Å². The van der Waals surface area contributed by atoms with E-state index in [-0.39, 0.29) is 0 Å². The van der Waals surface area contributed by atoms with Gasteiger partial charge in [-0.25, -0.2) is 4.58 Å². The monoisotopic (exact) mass is 235 g/mol. The average molecular weight is 235 g/mol. The van der Waals surface area contributed by atoms with Gasteiger partial charge >= 0.3 is 0 Å². The van der Waals surface area contributed by atoms with Gasteiger partial charge in [0.15, 0.2) is 5.71 Å². The van der Waals surface area contributed by atoms with Crippen molar-refractivity contribution in [3.63, 3.8) is 0 Å². The summed E-state index contributed by atoms with van der Waals surface area (Å²) in [6.07, 6.45) is 5.00. The van der Waals surface area contributed by atoms with Crippen molar-refractivity contribution in [3.8, 4) is 0 Å². The molecule has 0 atom stereocenters. The molecule has 0 aromatic carbocycles. The van der Waals surface area contributed by atoms with Crippen molar-refractivity contribution in [2.75, 3.05) is 27.2 Å². The third kappa shape index (κ3) is 2.14. The van der Waals surface area contributed by atoms with Gasteiger partial charge < -0.3 is 4.90 Å². The van der Waals surface area contributed by atoms with Crippen LogP contribution in [0.5, 0.6) is 0 Å². The van der Waals surface area contributed by atoms with Crippen LogP contribution in [-0.4, -0.2) is 42.4 Å². The lowest BCUT2D eigenvalue weighted by molar-refractivity contribution is -0.488. The summed E-state index contributed by atoms with van der Waals surface area (Å²) in [7, 11) is 4.45. The smallest absolute Gasteiger partial charge is 0.183 e. The van der Waals surface area contributed by atoms with Gasteiger partial charge in [-0.05, 0) is 20.3 Å². The molecular weight excluding hydrogens is 208 g/mol. The van der Waals surface area contributed by atoms with Gasteiger partial charge in [-0.1, -0.05) is 13.8 Å². The van der Waals surface area contributed by atoms with Gasteiger partial charge in [-0.15, -0.1) is 0 Å². The van der Waals surface area contributed by atoms with Crippen LogP contribution in [-0.2, 0) is 0 Å². The molecule has 0 aromatic rings. The predicted molar refractivity (Wildman–Crippen MR) is 73.6 cm³/mol. The van der Waals surface area contributed by atoms with E-state index in [9.17, 15) is 0 Å². The topological polar surface area (TPSA) is 6.25 Å². The molecule has 0 saturated carbocycles. The molecule has 17 heavy (non-hydrogen) atoms. The van der Waals surface area contributed by atoms with Crippen molar-refractivity contribution in [2.24, 2.45) is 10.8 Å². The first-order valence-electron chi connectivity index (χ1n) is 6.76. The molecule has 0 spiro atoms. The van der Waals surface area contributed by atoms with Crippen LogP contribution in [0.15, 0.2) is 11.8 Å². The van der Waals surface area contributed by atoms with E-state index in [2.05, 4.69) is 57.3 Å². The lowest BCUT2D eigenvalue weighted by Gasteiger charge is -2.24. The number of rotatable bonds is 1. The largest absolute Gasteiger partial charge is 0.377 e. The summed E-state index contributed by atoms with van der Waals surface area (Å²) in [5, 5.41) is 0. The molecule has 0 aromatic heterocycles. The highest BCUT2D eigenvalue weighted by atomic mass is 15.1. The Labute approximate surface area is 106 Å². The molecule has 2 aliphatic rings. The fourth-order valence-corrected chi connectivity index (χ4v) is 3.17. The molecule has 1 saturated heterocycles. The Bertz CT molecular complexity index is 386. The molecule has 0 bridgehead atoms. The van der Waals surface area contributed by atoms with E-state index >= 15 is 0 Å². The summed E-state index contributed by atoms with van der Waals surface area (Å²) >= 11 is 0. The van der Waals surface area contributed by atoms with Crippen LogP contribution in [0.2, 0.25) is 0 Å². The molecule has 2 heteroatoms. The summed E-state index contributed by atoms with van der Waals surface area (Å²) in [5.41, 5.74) is 3.69. The van der Waals surface area contributed by atoms with Crippen LogP contribution in [0.25, 0.3) is 0 Å². The van der Waals surface area contributed by atoms with Gasteiger partial charge in [-0.2, -0.15) is 0 Å². The maximum atomic E-state index is 2.46. The van der Waals surface area contributed by atoms with Crippen LogP contribution in [0.4, 0.5) is 0 Å². The van der Waals surface area contributed by atoms with Crippen molar-refractivity contribution in [1.82, 2.24) is 4.90 Å². The predicted octanol–water partition coefficient (Wildman–Crippen LogP) is 2.75. The molecule has 2 heterocycles. The van der Waals surface area contributed by atoms with E-state index < -0.39 is 0 Å². The van der Waals surface area contributed by atoms with E-state index in [4.69, 9.17) is 0 Å². The molecule has 1 fully saturated rings. The van der Waals surface area contributed by atoms with E-state index in [1.165, 1.54) is 37.3 Å². The Kier molecular flexibility index (Phi) is 2.87. The highest BCUT2D eigenvalue weighted by molar-refractivity contribution is 5.96. The summed E-state index contributed by atoms with van der Waals surface area (Å²) in [6, 6.07) is 0. The Balaban J connectivity index is 2.40. The molecule has 0 amide bonds. The number of likely N-dealkylation sites (tertiary alicyclic amines) is 1. The minimum atomic E-state index is 0.335.